The molecule has 0 amide bonds. The maximum Gasteiger partial charge on any atom is 0.311 e. The lowest BCUT2D eigenvalue weighted by molar-refractivity contribution is -0.153. The van der Waals surface area contributed by atoms with Crippen LogP contribution < -0.4 is 0 Å². The van der Waals surface area contributed by atoms with E-state index in [1.165, 1.54) is 7.11 Å². The predicted octanol–water partition coefficient (Wildman–Crippen LogP) is -0.443. The van der Waals surface area contributed by atoms with Crippen molar-refractivity contribution >= 4 is 5.97 Å². The van der Waals surface area contributed by atoms with Crippen LogP contribution >= 0.6 is 0 Å². The molecule has 0 aliphatic carbocycles. The molecule has 0 aromatic rings. The molecule has 0 aromatic carbocycles. The number of esters is 1. The van der Waals surface area contributed by atoms with Crippen molar-refractivity contribution in [1.82, 2.24) is 0 Å². The van der Waals surface area contributed by atoms with Gasteiger partial charge in [0.2, 0.25) is 0 Å². The van der Waals surface area contributed by atoms with Crippen molar-refractivity contribution < 1.29 is 19.4 Å². The lowest BCUT2D eigenvalue weighted by atomic mass is 10.0. The lowest BCUT2D eigenvalue weighted by Gasteiger charge is -2.23. The smallest absolute Gasteiger partial charge is 0.311 e. The first-order chi connectivity index (χ1) is 5.24. The second kappa shape index (κ2) is 3.69. The Morgan fingerprint density at radius 2 is 2.36 bits per heavy atom. The molecule has 2 atom stereocenters. The van der Waals surface area contributed by atoms with Crippen molar-refractivity contribution in [1.29, 1.82) is 0 Å². The van der Waals surface area contributed by atoms with Crippen molar-refractivity contribution in [3.05, 3.63) is 0 Å². The average Bonchev–Trinajstić information content (AvgIpc) is 2.03. The van der Waals surface area contributed by atoms with Crippen molar-refractivity contribution in [3.8, 4) is 0 Å². The highest BCUT2D eigenvalue weighted by atomic mass is 16.5. The Bertz CT molecular complexity index is 145. The van der Waals surface area contributed by atoms with E-state index in [1.807, 2.05) is 0 Å². The van der Waals surface area contributed by atoms with Crippen LogP contribution in [0.2, 0.25) is 0 Å². The highest BCUT2D eigenvalue weighted by Gasteiger charge is 2.27. The van der Waals surface area contributed by atoms with Crippen LogP contribution in [-0.2, 0) is 14.3 Å². The minimum Gasteiger partial charge on any atom is -0.469 e. The summed E-state index contributed by atoms with van der Waals surface area (Å²) in [6.45, 7) is 0.692. The van der Waals surface area contributed by atoms with Crippen molar-refractivity contribution in [2.24, 2.45) is 5.92 Å². The molecule has 0 spiro atoms. The standard InChI is InChI=1S/C7H12O4/c1-10-7(9)5-2-6(8)4-11-3-5/h5-6,8H,2-4H2,1H3/t5-,6+/m1/s1. The number of ether oxygens (including phenoxy) is 2. The highest BCUT2D eigenvalue weighted by molar-refractivity contribution is 5.72. The maximum atomic E-state index is 10.9. The van der Waals surface area contributed by atoms with Gasteiger partial charge in [-0.3, -0.25) is 4.79 Å². The molecule has 64 valence electrons. The second-order valence-corrected chi connectivity index (χ2v) is 2.65. The summed E-state index contributed by atoms with van der Waals surface area (Å²) in [5, 5.41) is 9.09. The Morgan fingerprint density at radius 1 is 1.64 bits per heavy atom. The monoisotopic (exact) mass is 160 g/mol. The Morgan fingerprint density at radius 3 is 2.91 bits per heavy atom. The Labute approximate surface area is 65.1 Å². The summed E-state index contributed by atoms with van der Waals surface area (Å²) in [7, 11) is 1.34. The van der Waals surface area contributed by atoms with Crippen LogP contribution in [0.25, 0.3) is 0 Å². The third-order valence-corrected chi connectivity index (χ3v) is 1.72. The number of carbonyl (C=O) groups is 1. The number of rotatable bonds is 1. The zero-order chi connectivity index (χ0) is 8.27. The van der Waals surface area contributed by atoms with E-state index in [0.29, 0.717) is 19.6 Å². The summed E-state index contributed by atoms with van der Waals surface area (Å²) in [5.41, 5.74) is 0. The summed E-state index contributed by atoms with van der Waals surface area (Å²) in [5.74, 6) is -0.590. The minimum absolute atomic E-state index is 0.288. The fourth-order valence-corrected chi connectivity index (χ4v) is 1.14. The molecule has 1 fully saturated rings. The molecule has 1 aliphatic rings. The molecule has 1 saturated heterocycles. The fourth-order valence-electron chi connectivity index (χ4n) is 1.14. The van der Waals surface area contributed by atoms with Gasteiger partial charge in [0.25, 0.3) is 0 Å². The van der Waals surface area contributed by atoms with Crippen molar-refractivity contribution in [2.75, 3.05) is 20.3 Å². The van der Waals surface area contributed by atoms with Crippen molar-refractivity contribution in [3.63, 3.8) is 0 Å². The van der Waals surface area contributed by atoms with Crippen LogP contribution in [0.1, 0.15) is 6.42 Å². The topological polar surface area (TPSA) is 55.8 Å². The molecule has 1 heterocycles. The molecule has 0 aromatic heterocycles. The Kier molecular flexibility index (Phi) is 2.84. The fraction of sp³-hybridized carbons (Fsp3) is 0.857. The zero-order valence-electron chi connectivity index (χ0n) is 6.45. The molecule has 1 rings (SSSR count). The normalized spacial score (nSPS) is 31.5. The quantitative estimate of drug-likeness (QED) is 0.528. The van der Waals surface area contributed by atoms with Gasteiger partial charge >= 0.3 is 5.97 Å². The Hall–Kier alpha value is -0.610. The summed E-state index contributed by atoms with van der Waals surface area (Å²) >= 11 is 0. The van der Waals surface area contributed by atoms with E-state index in [9.17, 15) is 4.79 Å². The minimum atomic E-state index is -0.521. The van der Waals surface area contributed by atoms with E-state index >= 15 is 0 Å². The van der Waals surface area contributed by atoms with Gasteiger partial charge < -0.3 is 14.6 Å². The first-order valence-corrected chi connectivity index (χ1v) is 3.57. The van der Waals surface area contributed by atoms with Crippen LogP contribution in [-0.4, -0.2) is 37.5 Å². The molecule has 0 bridgehead atoms. The van der Waals surface area contributed by atoms with Gasteiger partial charge in [0.1, 0.15) is 0 Å². The van der Waals surface area contributed by atoms with E-state index in [-0.39, 0.29) is 11.9 Å². The molecule has 0 unspecified atom stereocenters. The number of carbonyl (C=O) groups excluding carboxylic acids is 1. The van der Waals surface area contributed by atoms with Gasteiger partial charge in [0, 0.05) is 0 Å². The zero-order valence-corrected chi connectivity index (χ0v) is 6.45. The van der Waals surface area contributed by atoms with Gasteiger partial charge in [-0.2, -0.15) is 0 Å². The van der Waals surface area contributed by atoms with Gasteiger partial charge in [0.15, 0.2) is 0 Å². The molecule has 4 nitrogen and oxygen atoms in total. The van der Waals surface area contributed by atoms with Crippen LogP contribution in [0.15, 0.2) is 0 Å². The van der Waals surface area contributed by atoms with E-state index in [0.717, 1.165) is 0 Å². The summed E-state index contributed by atoms with van der Waals surface area (Å²) < 4.78 is 9.47. The third-order valence-electron chi connectivity index (χ3n) is 1.72. The van der Waals surface area contributed by atoms with E-state index < -0.39 is 6.10 Å². The van der Waals surface area contributed by atoms with Crippen molar-refractivity contribution in [2.45, 2.75) is 12.5 Å². The van der Waals surface area contributed by atoms with Gasteiger partial charge in [-0.05, 0) is 6.42 Å². The molecular weight excluding hydrogens is 148 g/mol. The van der Waals surface area contributed by atoms with Crippen LogP contribution in [0.3, 0.4) is 0 Å². The Balaban J connectivity index is 2.39. The number of hydrogen-bond donors (Lipinski definition) is 1. The molecule has 11 heavy (non-hydrogen) atoms. The summed E-state index contributed by atoms with van der Waals surface area (Å²) in [6, 6.07) is 0. The SMILES string of the molecule is COC(=O)[C@H]1COC[C@@H](O)C1. The molecular formula is C7H12O4. The van der Waals surface area contributed by atoms with Crippen LogP contribution in [0, 0.1) is 5.92 Å². The number of methoxy groups -OCH3 is 1. The molecule has 0 radical (unpaired) electrons. The van der Waals surface area contributed by atoms with E-state index in [4.69, 9.17) is 9.84 Å². The molecule has 4 heteroatoms. The predicted molar refractivity (Wildman–Crippen MR) is 36.9 cm³/mol. The van der Waals surface area contributed by atoms with Gasteiger partial charge in [-0.25, -0.2) is 0 Å². The van der Waals surface area contributed by atoms with Gasteiger partial charge in [-0.15, -0.1) is 0 Å². The van der Waals surface area contributed by atoms with Crippen LogP contribution in [0.4, 0.5) is 0 Å². The highest BCUT2D eigenvalue weighted by Crippen LogP contribution is 2.14. The molecule has 0 saturated carbocycles. The molecule has 1 N–H and O–H groups in total. The van der Waals surface area contributed by atoms with E-state index in [2.05, 4.69) is 4.74 Å². The van der Waals surface area contributed by atoms with Gasteiger partial charge in [-0.1, -0.05) is 0 Å². The van der Waals surface area contributed by atoms with E-state index in [1.54, 1.807) is 0 Å². The largest absolute Gasteiger partial charge is 0.469 e. The number of aliphatic hydroxyl groups is 1. The first kappa shape index (κ1) is 8.49. The maximum absolute atomic E-state index is 10.9. The average molecular weight is 160 g/mol. The van der Waals surface area contributed by atoms with Crippen LogP contribution in [0.5, 0.6) is 0 Å². The molecule has 1 aliphatic heterocycles. The number of aliphatic hydroxyl groups excluding tert-OH is 1. The summed E-state index contributed by atoms with van der Waals surface area (Å²) in [4.78, 5) is 10.9. The second-order valence-electron chi connectivity index (χ2n) is 2.65. The van der Waals surface area contributed by atoms with Gasteiger partial charge in [0.05, 0.1) is 32.3 Å². The third kappa shape index (κ3) is 2.17. The summed E-state index contributed by atoms with van der Waals surface area (Å²) in [6.07, 6.45) is -0.0694. The number of hydrogen-bond acceptors (Lipinski definition) is 4. The first-order valence-electron chi connectivity index (χ1n) is 3.57. The lowest BCUT2D eigenvalue weighted by Crippen LogP contribution is -2.34.